The molecule has 0 aliphatic carbocycles. The molecule has 3 rings (SSSR count). The zero-order valence-corrected chi connectivity index (χ0v) is 15.9. The standard InChI is InChI=1S/C22H23ClO3/c1-3-4-5-6-7-16-12-18-21(13-20(16)25-2)26-14-19(22(18)24)15-8-10-17(23)11-9-15/h8-14H,3-7H2,1-2H3. The zero-order valence-electron chi connectivity index (χ0n) is 15.2. The molecule has 0 atom stereocenters. The van der Waals surface area contributed by atoms with Gasteiger partial charge in [0.1, 0.15) is 17.6 Å². The Morgan fingerprint density at radius 2 is 1.85 bits per heavy atom. The van der Waals surface area contributed by atoms with Gasteiger partial charge in [-0.1, -0.05) is 49.9 Å². The molecule has 0 aliphatic rings. The van der Waals surface area contributed by atoms with Crippen LogP contribution in [-0.4, -0.2) is 7.11 Å². The summed E-state index contributed by atoms with van der Waals surface area (Å²) in [7, 11) is 1.65. The fraction of sp³-hybridized carbons (Fsp3) is 0.318. The van der Waals surface area contributed by atoms with Crippen molar-refractivity contribution in [1.29, 1.82) is 0 Å². The molecule has 0 amide bonds. The van der Waals surface area contributed by atoms with E-state index < -0.39 is 0 Å². The van der Waals surface area contributed by atoms with Crippen LogP contribution in [0, 0.1) is 0 Å². The predicted molar refractivity (Wildman–Crippen MR) is 107 cm³/mol. The molecule has 0 aliphatic heterocycles. The number of ether oxygens (including phenoxy) is 1. The molecule has 0 unspecified atom stereocenters. The molecule has 3 aromatic rings. The highest BCUT2D eigenvalue weighted by atomic mass is 35.5. The second-order valence-electron chi connectivity index (χ2n) is 6.46. The highest BCUT2D eigenvalue weighted by molar-refractivity contribution is 6.30. The first kappa shape index (κ1) is 18.5. The molecule has 0 saturated carbocycles. The van der Waals surface area contributed by atoms with Crippen LogP contribution in [0.1, 0.15) is 38.2 Å². The van der Waals surface area contributed by atoms with Crippen LogP contribution in [0.5, 0.6) is 5.75 Å². The van der Waals surface area contributed by atoms with Crippen molar-refractivity contribution in [2.75, 3.05) is 7.11 Å². The van der Waals surface area contributed by atoms with Crippen LogP contribution < -0.4 is 10.2 Å². The van der Waals surface area contributed by atoms with E-state index in [2.05, 4.69) is 6.92 Å². The summed E-state index contributed by atoms with van der Waals surface area (Å²) in [6.07, 6.45) is 7.08. The quantitative estimate of drug-likeness (QED) is 0.462. The molecule has 136 valence electrons. The highest BCUT2D eigenvalue weighted by Crippen LogP contribution is 2.28. The van der Waals surface area contributed by atoms with E-state index in [4.69, 9.17) is 20.8 Å². The summed E-state index contributed by atoms with van der Waals surface area (Å²) in [5, 5.41) is 1.22. The lowest BCUT2D eigenvalue weighted by Crippen LogP contribution is -2.06. The largest absolute Gasteiger partial charge is 0.496 e. The summed E-state index contributed by atoms with van der Waals surface area (Å²) in [6.45, 7) is 2.19. The Morgan fingerprint density at radius 1 is 1.08 bits per heavy atom. The van der Waals surface area contributed by atoms with Crippen LogP contribution in [0.4, 0.5) is 0 Å². The Balaban J connectivity index is 2.03. The number of fused-ring (bicyclic) bond motifs is 1. The highest BCUT2D eigenvalue weighted by Gasteiger charge is 2.13. The molecule has 0 saturated heterocycles. The van der Waals surface area contributed by atoms with Crippen molar-refractivity contribution in [3.63, 3.8) is 0 Å². The molecule has 1 aromatic heterocycles. The van der Waals surface area contributed by atoms with Gasteiger partial charge in [0.15, 0.2) is 0 Å². The summed E-state index contributed by atoms with van der Waals surface area (Å²) in [4.78, 5) is 13.0. The Hall–Kier alpha value is -2.26. The molecule has 26 heavy (non-hydrogen) atoms. The van der Waals surface area contributed by atoms with Crippen LogP contribution in [0.3, 0.4) is 0 Å². The van der Waals surface area contributed by atoms with Gasteiger partial charge in [0.05, 0.1) is 18.1 Å². The summed E-state index contributed by atoms with van der Waals surface area (Å²) in [5.41, 5.74) is 2.89. The van der Waals surface area contributed by atoms with Gasteiger partial charge >= 0.3 is 0 Å². The van der Waals surface area contributed by atoms with Crippen molar-refractivity contribution in [2.24, 2.45) is 0 Å². The first-order valence-electron chi connectivity index (χ1n) is 9.02. The Kier molecular flexibility index (Phi) is 6.00. The fourth-order valence-corrected chi connectivity index (χ4v) is 3.28. The molecule has 0 N–H and O–H groups in total. The normalized spacial score (nSPS) is 11.0. The molecular formula is C22H23ClO3. The van der Waals surface area contributed by atoms with Gasteiger partial charge in [-0.2, -0.15) is 0 Å². The van der Waals surface area contributed by atoms with Gasteiger partial charge < -0.3 is 9.15 Å². The maximum atomic E-state index is 13.0. The maximum absolute atomic E-state index is 13.0. The Bertz CT molecular complexity index is 942. The van der Waals surface area contributed by atoms with Crippen molar-refractivity contribution in [3.05, 3.63) is 63.5 Å². The fourth-order valence-electron chi connectivity index (χ4n) is 3.16. The Morgan fingerprint density at radius 3 is 2.54 bits per heavy atom. The molecule has 0 fully saturated rings. The van der Waals surface area contributed by atoms with Crippen molar-refractivity contribution in [1.82, 2.24) is 0 Å². The maximum Gasteiger partial charge on any atom is 0.200 e. The summed E-state index contributed by atoms with van der Waals surface area (Å²) in [6, 6.07) is 10.9. The van der Waals surface area contributed by atoms with Crippen LogP contribution in [-0.2, 0) is 6.42 Å². The van der Waals surface area contributed by atoms with Gasteiger partial charge in [-0.25, -0.2) is 0 Å². The molecule has 3 nitrogen and oxygen atoms in total. The minimum Gasteiger partial charge on any atom is -0.496 e. The van der Waals surface area contributed by atoms with Crippen LogP contribution in [0.15, 0.2) is 51.9 Å². The third-order valence-electron chi connectivity index (χ3n) is 4.63. The average Bonchev–Trinajstić information content (AvgIpc) is 2.66. The first-order valence-corrected chi connectivity index (χ1v) is 9.40. The third kappa shape index (κ3) is 3.94. The van der Waals surface area contributed by atoms with Crippen molar-refractivity contribution >= 4 is 22.6 Å². The van der Waals surface area contributed by atoms with E-state index in [0.29, 0.717) is 21.6 Å². The minimum atomic E-state index is -0.0361. The zero-order chi connectivity index (χ0) is 18.5. The molecular weight excluding hydrogens is 348 g/mol. The lowest BCUT2D eigenvalue weighted by atomic mass is 10.0. The summed E-state index contributed by atoms with van der Waals surface area (Å²) < 4.78 is 11.2. The van der Waals surface area contributed by atoms with Crippen LogP contribution in [0.2, 0.25) is 5.02 Å². The number of rotatable bonds is 7. The average molecular weight is 371 g/mol. The molecule has 2 aromatic carbocycles. The first-order chi connectivity index (χ1) is 12.6. The second-order valence-corrected chi connectivity index (χ2v) is 6.89. The van der Waals surface area contributed by atoms with Crippen molar-refractivity contribution in [2.45, 2.75) is 39.0 Å². The number of aryl methyl sites for hydroxylation is 1. The number of hydrogen-bond donors (Lipinski definition) is 0. The SMILES string of the molecule is CCCCCCc1cc2c(=O)c(-c3ccc(Cl)cc3)coc2cc1OC. The van der Waals surface area contributed by atoms with Crippen molar-refractivity contribution < 1.29 is 9.15 Å². The van der Waals surface area contributed by atoms with Crippen LogP contribution >= 0.6 is 11.6 Å². The predicted octanol–water partition coefficient (Wildman–Crippen LogP) is 6.24. The van der Waals surface area contributed by atoms with Gasteiger partial charge in [0, 0.05) is 11.1 Å². The van der Waals surface area contributed by atoms with Gasteiger partial charge in [-0.15, -0.1) is 0 Å². The van der Waals surface area contributed by atoms with E-state index in [1.807, 2.05) is 24.3 Å². The van der Waals surface area contributed by atoms with E-state index in [1.54, 1.807) is 19.2 Å². The van der Waals surface area contributed by atoms with E-state index in [-0.39, 0.29) is 5.43 Å². The van der Waals surface area contributed by atoms with Gasteiger partial charge in [0.2, 0.25) is 5.43 Å². The van der Waals surface area contributed by atoms with E-state index in [9.17, 15) is 4.79 Å². The number of hydrogen-bond acceptors (Lipinski definition) is 3. The third-order valence-corrected chi connectivity index (χ3v) is 4.88. The second kappa shape index (κ2) is 8.41. The van der Waals surface area contributed by atoms with E-state index >= 15 is 0 Å². The molecule has 1 heterocycles. The lowest BCUT2D eigenvalue weighted by Gasteiger charge is -2.10. The van der Waals surface area contributed by atoms with Crippen molar-refractivity contribution in [3.8, 4) is 16.9 Å². The Labute approximate surface area is 158 Å². The van der Waals surface area contributed by atoms with Gasteiger partial charge in [-0.3, -0.25) is 4.79 Å². The van der Waals surface area contributed by atoms with E-state index in [1.165, 1.54) is 25.5 Å². The van der Waals surface area contributed by atoms with E-state index in [0.717, 1.165) is 29.7 Å². The molecule has 4 heteroatoms. The minimum absolute atomic E-state index is 0.0361. The molecule has 0 bridgehead atoms. The van der Waals surface area contributed by atoms with Gasteiger partial charge in [0.25, 0.3) is 0 Å². The number of unbranched alkanes of at least 4 members (excludes halogenated alkanes) is 3. The summed E-state index contributed by atoms with van der Waals surface area (Å²) >= 11 is 5.94. The topological polar surface area (TPSA) is 39.4 Å². The molecule has 0 radical (unpaired) electrons. The number of methoxy groups -OCH3 is 1. The van der Waals surface area contributed by atoms with Gasteiger partial charge in [-0.05, 0) is 42.2 Å². The lowest BCUT2D eigenvalue weighted by molar-refractivity contribution is 0.408. The summed E-state index contributed by atoms with van der Waals surface area (Å²) in [5.74, 6) is 0.774. The number of benzene rings is 2. The number of halogens is 1. The van der Waals surface area contributed by atoms with Crippen LogP contribution in [0.25, 0.3) is 22.1 Å². The smallest absolute Gasteiger partial charge is 0.200 e. The molecule has 0 spiro atoms. The monoisotopic (exact) mass is 370 g/mol.